The maximum atomic E-state index is 12.8. The number of fused-ring (bicyclic) bond motifs is 1. The third-order valence-corrected chi connectivity index (χ3v) is 7.06. The van der Waals surface area contributed by atoms with E-state index in [2.05, 4.69) is 20.0 Å². The molecule has 188 valence electrons. The van der Waals surface area contributed by atoms with Gasteiger partial charge in [0.2, 0.25) is 17.9 Å². The van der Waals surface area contributed by atoms with E-state index in [1.54, 1.807) is 6.20 Å². The molecule has 4 aliphatic rings. The van der Waals surface area contributed by atoms with Gasteiger partial charge in [-0.1, -0.05) is 0 Å². The molecule has 2 heterocycles. The molecule has 1 N–H and O–H groups in total. The first-order valence-corrected chi connectivity index (χ1v) is 10.9. The van der Waals surface area contributed by atoms with Gasteiger partial charge in [0, 0.05) is 36.5 Å². The Morgan fingerprint density at radius 3 is 2.59 bits per heavy atom. The van der Waals surface area contributed by atoms with Crippen molar-refractivity contribution >= 4 is 11.8 Å². The maximum absolute atomic E-state index is 12.8. The van der Waals surface area contributed by atoms with Gasteiger partial charge in [-0.15, -0.1) is 13.2 Å². The number of carbonyl (C=O) groups excluding carboxylic acids is 1. The molecule has 1 aromatic heterocycles. The van der Waals surface area contributed by atoms with E-state index in [9.17, 15) is 31.1 Å². The number of nitrogens with zero attached hydrogens (tertiary/aromatic N) is 3. The van der Waals surface area contributed by atoms with Crippen LogP contribution in [0.5, 0.6) is 0 Å². The maximum Gasteiger partial charge on any atom is 0.522 e. The summed E-state index contributed by atoms with van der Waals surface area (Å²) in [5, 5.41) is 2.98. The smallest absolute Gasteiger partial charge is 0.461 e. The number of carbonyl (C=O) groups is 1. The van der Waals surface area contributed by atoms with E-state index in [0.29, 0.717) is 6.42 Å². The molecular weight excluding hydrogens is 474 g/mol. The van der Waals surface area contributed by atoms with Crippen molar-refractivity contribution in [3.05, 3.63) is 18.2 Å². The van der Waals surface area contributed by atoms with E-state index < -0.39 is 37.4 Å². The molecule has 3 saturated carbocycles. The summed E-state index contributed by atoms with van der Waals surface area (Å²) in [5.74, 6) is -0.327. The molecule has 0 aromatic carbocycles. The summed E-state index contributed by atoms with van der Waals surface area (Å²) in [4.78, 5) is 20.3. The molecule has 0 saturated heterocycles. The zero-order chi connectivity index (χ0) is 24.3. The van der Waals surface area contributed by atoms with Crippen molar-refractivity contribution in [2.45, 2.75) is 74.5 Å². The lowest BCUT2D eigenvalue weighted by Crippen LogP contribution is -2.70. The van der Waals surface area contributed by atoms with E-state index in [-0.39, 0.29) is 54.4 Å². The van der Waals surface area contributed by atoms with Crippen LogP contribution in [0.3, 0.4) is 0 Å². The van der Waals surface area contributed by atoms with Crippen molar-refractivity contribution in [3.8, 4) is 0 Å². The number of nitrogens with one attached hydrogen (secondary N) is 1. The van der Waals surface area contributed by atoms with E-state index in [1.807, 2.05) is 4.57 Å². The standard InChI is InChI=1S/C20H22F6N4O4/c21-19(22,23)15-6-27-17(33-15)13-7-30(9-28-13)14-5-18(2-1-12(14)18)29-16(31)8-32-10-3-11(4-10)34-20(24,25)26/h7,9-12,14-15H,1-6,8H2,(H,29,31)/t10-,11+,12?,14?,15-,18?/m1/s1. The van der Waals surface area contributed by atoms with Crippen molar-refractivity contribution in [3.63, 3.8) is 0 Å². The van der Waals surface area contributed by atoms with Crippen LogP contribution < -0.4 is 5.32 Å². The van der Waals surface area contributed by atoms with Crippen molar-refractivity contribution in [1.82, 2.24) is 14.9 Å². The van der Waals surface area contributed by atoms with Crippen LogP contribution in [0, 0.1) is 5.92 Å². The van der Waals surface area contributed by atoms with Gasteiger partial charge >= 0.3 is 12.5 Å². The third kappa shape index (κ3) is 4.49. The summed E-state index contributed by atoms with van der Waals surface area (Å²) in [5.41, 5.74) is -0.144. The molecule has 3 unspecified atom stereocenters. The summed E-state index contributed by atoms with van der Waals surface area (Å²) >= 11 is 0. The summed E-state index contributed by atoms with van der Waals surface area (Å²) < 4.78 is 90.8. The van der Waals surface area contributed by atoms with Crippen LogP contribution in [-0.2, 0) is 19.0 Å². The van der Waals surface area contributed by atoms with Crippen molar-refractivity contribution in [2.24, 2.45) is 10.9 Å². The summed E-state index contributed by atoms with van der Waals surface area (Å²) in [6.07, 6.45) is -6.92. The minimum atomic E-state index is -4.68. The molecule has 0 radical (unpaired) electrons. The van der Waals surface area contributed by atoms with Gasteiger partial charge in [-0.05, 0) is 19.3 Å². The highest BCUT2D eigenvalue weighted by Crippen LogP contribution is 2.59. The van der Waals surface area contributed by atoms with Gasteiger partial charge in [0.05, 0.1) is 25.1 Å². The normalized spacial score (nSPS) is 34.8. The molecular formula is C20H22F6N4O4. The fraction of sp³-hybridized carbons (Fsp3) is 0.750. The Kier molecular flexibility index (Phi) is 5.58. The first kappa shape index (κ1) is 23.4. The summed E-state index contributed by atoms with van der Waals surface area (Å²) in [7, 11) is 0. The molecule has 3 fully saturated rings. The number of halogens is 6. The van der Waals surface area contributed by atoms with Gasteiger partial charge < -0.3 is 19.4 Å². The van der Waals surface area contributed by atoms with E-state index in [4.69, 9.17) is 9.47 Å². The van der Waals surface area contributed by atoms with Crippen LogP contribution in [0.25, 0.3) is 0 Å². The van der Waals surface area contributed by atoms with Gasteiger partial charge in [0.15, 0.2) is 0 Å². The van der Waals surface area contributed by atoms with Crippen molar-refractivity contribution in [1.29, 1.82) is 0 Å². The largest absolute Gasteiger partial charge is 0.522 e. The highest BCUT2D eigenvalue weighted by Gasteiger charge is 2.61. The van der Waals surface area contributed by atoms with Crippen molar-refractivity contribution < 1.29 is 45.3 Å². The molecule has 14 heteroatoms. The molecule has 1 aromatic rings. The molecule has 5 rings (SSSR count). The first-order valence-electron chi connectivity index (χ1n) is 10.9. The minimum Gasteiger partial charge on any atom is -0.461 e. The van der Waals surface area contributed by atoms with Gasteiger partial charge in [-0.25, -0.2) is 9.98 Å². The number of amides is 1. The summed E-state index contributed by atoms with van der Waals surface area (Å²) in [6, 6.07) is 0.0311. The predicted octanol–water partition coefficient (Wildman–Crippen LogP) is 2.88. The fourth-order valence-corrected chi connectivity index (χ4v) is 5.11. The average Bonchev–Trinajstić information content (AvgIpc) is 3.35. The minimum absolute atomic E-state index is 0.0311. The second kappa shape index (κ2) is 8.11. The number of hydrogen-bond acceptors (Lipinski definition) is 6. The van der Waals surface area contributed by atoms with Gasteiger partial charge in [-0.3, -0.25) is 9.53 Å². The van der Waals surface area contributed by atoms with Crippen molar-refractivity contribution in [2.75, 3.05) is 13.2 Å². The Labute approximate surface area is 189 Å². The lowest BCUT2D eigenvalue weighted by molar-refractivity contribution is -0.357. The average molecular weight is 496 g/mol. The lowest BCUT2D eigenvalue weighted by atomic mass is 9.50. The molecule has 0 bridgehead atoms. The number of aliphatic imine (C=N–C) groups is 1. The van der Waals surface area contributed by atoms with E-state index in [1.165, 1.54) is 6.33 Å². The van der Waals surface area contributed by atoms with Crippen LogP contribution in [-0.4, -0.2) is 70.9 Å². The van der Waals surface area contributed by atoms with Crippen LogP contribution >= 0.6 is 0 Å². The summed E-state index contributed by atoms with van der Waals surface area (Å²) in [6.45, 7) is -0.735. The topological polar surface area (TPSA) is 87.0 Å². The Hall–Kier alpha value is -2.35. The monoisotopic (exact) mass is 496 g/mol. The van der Waals surface area contributed by atoms with E-state index in [0.717, 1.165) is 12.8 Å². The number of imidazole rings is 1. The number of alkyl halides is 6. The molecule has 3 aliphatic carbocycles. The number of aromatic nitrogens is 2. The highest BCUT2D eigenvalue weighted by molar-refractivity contribution is 5.93. The zero-order valence-electron chi connectivity index (χ0n) is 17.7. The second-order valence-electron chi connectivity index (χ2n) is 9.21. The van der Waals surface area contributed by atoms with Crippen LogP contribution in [0.1, 0.15) is 43.8 Å². The second-order valence-corrected chi connectivity index (χ2v) is 9.21. The van der Waals surface area contributed by atoms with Gasteiger partial charge in [-0.2, -0.15) is 13.2 Å². The molecule has 4 atom stereocenters. The molecule has 34 heavy (non-hydrogen) atoms. The first-order chi connectivity index (χ1) is 15.9. The SMILES string of the molecule is O=C(CO[C@H]1C[C@@H](OC(F)(F)F)C1)NC12CCC1C(n1cnc(C3=NC[C@H](C(F)(F)F)O3)c1)C2. The third-order valence-electron chi connectivity index (χ3n) is 7.06. The number of rotatable bonds is 7. The molecule has 0 spiro atoms. The predicted molar refractivity (Wildman–Crippen MR) is 102 cm³/mol. The van der Waals surface area contributed by atoms with Crippen LogP contribution in [0.4, 0.5) is 26.3 Å². The van der Waals surface area contributed by atoms with E-state index >= 15 is 0 Å². The lowest BCUT2D eigenvalue weighted by Gasteiger charge is -2.63. The zero-order valence-corrected chi connectivity index (χ0v) is 17.7. The Bertz CT molecular complexity index is 973. The quantitative estimate of drug-likeness (QED) is 0.587. The van der Waals surface area contributed by atoms with Gasteiger partial charge in [0.25, 0.3) is 0 Å². The number of ether oxygens (including phenoxy) is 3. The Morgan fingerprint density at radius 1 is 1.24 bits per heavy atom. The number of hydrogen-bond donors (Lipinski definition) is 1. The Morgan fingerprint density at radius 2 is 2.00 bits per heavy atom. The molecule has 1 aliphatic heterocycles. The van der Waals surface area contributed by atoms with Gasteiger partial charge in [0.1, 0.15) is 12.3 Å². The molecule has 8 nitrogen and oxygen atoms in total. The Balaban J connectivity index is 1.07. The fourth-order valence-electron chi connectivity index (χ4n) is 5.11. The molecule has 1 amide bonds. The van der Waals surface area contributed by atoms with Crippen LogP contribution in [0.2, 0.25) is 0 Å². The highest BCUT2D eigenvalue weighted by atomic mass is 19.4. The van der Waals surface area contributed by atoms with Crippen LogP contribution in [0.15, 0.2) is 17.5 Å².